The first kappa shape index (κ1) is 16.0. The van der Waals surface area contributed by atoms with Gasteiger partial charge in [-0.25, -0.2) is 0 Å². The highest BCUT2D eigenvalue weighted by atomic mass is 32.2. The van der Waals surface area contributed by atoms with Crippen LogP contribution in [0.3, 0.4) is 0 Å². The van der Waals surface area contributed by atoms with Crippen molar-refractivity contribution < 1.29 is 4.74 Å². The Morgan fingerprint density at radius 2 is 2.00 bits per heavy atom. The highest BCUT2D eigenvalue weighted by Gasteiger charge is 2.33. The van der Waals surface area contributed by atoms with Crippen molar-refractivity contribution in [1.82, 2.24) is 5.43 Å². The molecule has 3 nitrogen and oxygen atoms in total. The molecule has 1 aliphatic heterocycles. The van der Waals surface area contributed by atoms with Crippen molar-refractivity contribution >= 4 is 23.5 Å². The van der Waals surface area contributed by atoms with E-state index < -0.39 is 0 Å². The Morgan fingerprint density at radius 1 is 1.30 bits per heavy atom. The van der Waals surface area contributed by atoms with Gasteiger partial charge in [-0.1, -0.05) is 13.0 Å². The summed E-state index contributed by atoms with van der Waals surface area (Å²) < 4.78 is 5.60. The fraction of sp³-hybridized carbons (Fsp3) is 0.600. The fourth-order valence-corrected chi connectivity index (χ4v) is 5.78. The summed E-state index contributed by atoms with van der Waals surface area (Å²) in [4.78, 5) is 0. The van der Waals surface area contributed by atoms with Crippen molar-refractivity contribution in [3.8, 4) is 5.75 Å². The summed E-state index contributed by atoms with van der Waals surface area (Å²) in [5.41, 5.74) is 6.70. The number of hydrogen-bond acceptors (Lipinski definition) is 5. The Bertz CT molecular complexity index is 467. The minimum atomic E-state index is 0.123. The minimum absolute atomic E-state index is 0.123. The van der Waals surface area contributed by atoms with E-state index in [9.17, 15) is 0 Å². The zero-order valence-corrected chi connectivity index (χ0v) is 14.2. The number of nitrogens with one attached hydrogen (secondary N) is 1. The number of thioether (sulfide) groups is 2. The smallest absolute Gasteiger partial charge is 0.124 e. The number of hydrogen-bond donors (Lipinski definition) is 2. The Hall–Kier alpha value is -0.360. The zero-order chi connectivity index (χ0) is 14.7. The van der Waals surface area contributed by atoms with Gasteiger partial charge in [0.25, 0.3) is 0 Å². The van der Waals surface area contributed by atoms with Gasteiger partial charge in [-0.15, -0.1) is 0 Å². The second-order valence-electron chi connectivity index (χ2n) is 5.25. The molecule has 0 saturated carbocycles. The molecule has 0 radical (unpaired) electrons. The fourth-order valence-electron chi connectivity index (χ4n) is 2.87. The van der Waals surface area contributed by atoms with Crippen LogP contribution in [0.5, 0.6) is 5.75 Å². The lowest BCUT2D eigenvalue weighted by Gasteiger charge is -2.35. The van der Waals surface area contributed by atoms with Crippen LogP contribution < -0.4 is 16.0 Å². The molecule has 1 saturated heterocycles. The van der Waals surface area contributed by atoms with E-state index in [4.69, 9.17) is 10.6 Å². The van der Waals surface area contributed by atoms with Crippen LogP contribution in [0.4, 0.5) is 0 Å². The molecule has 1 heterocycles. The van der Waals surface area contributed by atoms with Crippen molar-refractivity contribution in [1.29, 1.82) is 0 Å². The molecule has 0 spiro atoms. The first-order valence-corrected chi connectivity index (χ1v) is 9.02. The van der Waals surface area contributed by atoms with Crippen LogP contribution in [0.2, 0.25) is 0 Å². The van der Waals surface area contributed by atoms with Crippen LogP contribution in [0.25, 0.3) is 0 Å². The molecule has 3 N–H and O–H groups in total. The molecule has 0 amide bonds. The Balaban J connectivity index is 2.40. The third-order valence-corrected chi connectivity index (χ3v) is 6.96. The molecule has 0 aliphatic carbocycles. The third kappa shape index (κ3) is 3.27. The molecule has 0 aromatic heterocycles. The van der Waals surface area contributed by atoms with Crippen molar-refractivity contribution in [2.45, 2.75) is 37.3 Å². The molecule has 20 heavy (non-hydrogen) atoms. The summed E-state index contributed by atoms with van der Waals surface area (Å²) in [6, 6.07) is 4.42. The lowest BCUT2D eigenvalue weighted by atomic mass is 9.95. The van der Waals surface area contributed by atoms with Gasteiger partial charge in [-0.05, 0) is 31.0 Å². The van der Waals surface area contributed by atoms with E-state index in [1.54, 1.807) is 7.11 Å². The second-order valence-corrected chi connectivity index (χ2v) is 8.02. The molecule has 1 aromatic carbocycles. The molecule has 3 unspecified atom stereocenters. The Morgan fingerprint density at radius 3 is 2.60 bits per heavy atom. The molecule has 3 atom stereocenters. The van der Waals surface area contributed by atoms with Gasteiger partial charge >= 0.3 is 0 Å². The summed E-state index contributed by atoms with van der Waals surface area (Å²) in [6.07, 6.45) is 0. The largest absolute Gasteiger partial charge is 0.496 e. The lowest BCUT2D eigenvalue weighted by molar-refractivity contribution is 0.396. The first-order chi connectivity index (χ1) is 9.58. The average molecular weight is 313 g/mol. The molecule has 1 aliphatic rings. The van der Waals surface area contributed by atoms with E-state index >= 15 is 0 Å². The van der Waals surface area contributed by atoms with Crippen molar-refractivity contribution in [2.24, 2.45) is 5.84 Å². The third-order valence-electron chi connectivity index (χ3n) is 3.77. The number of hydrazine groups is 1. The maximum atomic E-state index is 5.90. The molecule has 0 bridgehead atoms. The van der Waals surface area contributed by atoms with Gasteiger partial charge in [-0.2, -0.15) is 23.5 Å². The normalized spacial score (nSPS) is 24.4. The average Bonchev–Trinajstić information content (AvgIpc) is 2.43. The summed E-state index contributed by atoms with van der Waals surface area (Å²) in [6.45, 7) is 6.53. The van der Waals surface area contributed by atoms with E-state index in [0.29, 0.717) is 10.5 Å². The standard InChI is InChI=1S/C15H24N2OS2/c1-9-7-10(2)13(12(8-9)18-4)14(17-16)15-11(3)19-5-6-20-15/h7-8,11,14-15,17H,5-6,16H2,1-4H3. The molecule has 1 fully saturated rings. The van der Waals surface area contributed by atoms with Gasteiger partial charge in [0.2, 0.25) is 0 Å². The molecular weight excluding hydrogens is 288 g/mol. The summed E-state index contributed by atoms with van der Waals surface area (Å²) in [5, 5.41) is 1.05. The first-order valence-electron chi connectivity index (χ1n) is 6.93. The van der Waals surface area contributed by atoms with E-state index in [2.05, 4.69) is 38.3 Å². The van der Waals surface area contributed by atoms with Crippen LogP contribution in [-0.2, 0) is 0 Å². The van der Waals surface area contributed by atoms with Crippen LogP contribution in [0, 0.1) is 13.8 Å². The zero-order valence-electron chi connectivity index (χ0n) is 12.6. The van der Waals surface area contributed by atoms with Crippen molar-refractivity contribution in [2.75, 3.05) is 18.6 Å². The monoisotopic (exact) mass is 312 g/mol. The SMILES string of the molecule is COc1cc(C)cc(C)c1C(NN)C1SCCSC1C. The van der Waals surface area contributed by atoms with Crippen molar-refractivity contribution in [3.05, 3.63) is 28.8 Å². The number of rotatable bonds is 4. The van der Waals surface area contributed by atoms with Crippen LogP contribution in [0.1, 0.15) is 29.7 Å². The van der Waals surface area contributed by atoms with E-state index in [0.717, 1.165) is 5.75 Å². The van der Waals surface area contributed by atoms with Gasteiger partial charge in [0.05, 0.1) is 13.2 Å². The molecule has 1 aromatic rings. The van der Waals surface area contributed by atoms with Gasteiger partial charge in [-0.3, -0.25) is 11.3 Å². The number of benzene rings is 1. The quantitative estimate of drug-likeness (QED) is 0.661. The van der Waals surface area contributed by atoms with Crippen LogP contribution in [0.15, 0.2) is 12.1 Å². The molecule has 2 rings (SSSR count). The summed E-state index contributed by atoms with van der Waals surface area (Å²) >= 11 is 4.04. The highest BCUT2D eigenvalue weighted by molar-refractivity contribution is 8.07. The maximum absolute atomic E-state index is 5.90. The Labute approximate surface area is 130 Å². The van der Waals surface area contributed by atoms with E-state index in [1.807, 2.05) is 23.5 Å². The predicted octanol–water partition coefficient (Wildman–Crippen LogP) is 3.05. The molecule has 112 valence electrons. The lowest BCUT2D eigenvalue weighted by Crippen LogP contribution is -2.41. The van der Waals surface area contributed by atoms with Gasteiger partial charge < -0.3 is 4.74 Å². The van der Waals surface area contributed by atoms with Gasteiger partial charge in [0.15, 0.2) is 0 Å². The van der Waals surface area contributed by atoms with E-state index in [1.165, 1.54) is 28.2 Å². The number of methoxy groups -OCH3 is 1. The number of ether oxygens (including phenoxy) is 1. The van der Waals surface area contributed by atoms with Crippen LogP contribution in [-0.4, -0.2) is 29.1 Å². The topological polar surface area (TPSA) is 47.3 Å². The molecular formula is C15H24N2OS2. The second kappa shape index (κ2) is 7.07. The Kier molecular flexibility index (Phi) is 5.66. The minimum Gasteiger partial charge on any atom is -0.496 e. The predicted molar refractivity (Wildman–Crippen MR) is 90.7 cm³/mol. The van der Waals surface area contributed by atoms with Gasteiger partial charge in [0, 0.05) is 27.6 Å². The summed E-state index contributed by atoms with van der Waals surface area (Å²) in [5.74, 6) is 9.25. The van der Waals surface area contributed by atoms with Crippen LogP contribution >= 0.6 is 23.5 Å². The van der Waals surface area contributed by atoms with E-state index in [-0.39, 0.29) is 6.04 Å². The van der Waals surface area contributed by atoms with Gasteiger partial charge in [0.1, 0.15) is 5.75 Å². The number of nitrogens with two attached hydrogens (primary N) is 1. The van der Waals surface area contributed by atoms with Crippen molar-refractivity contribution in [3.63, 3.8) is 0 Å². The molecule has 5 heteroatoms. The summed E-state index contributed by atoms with van der Waals surface area (Å²) in [7, 11) is 1.73. The maximum Gasteiger partial charge on any atom is 0.124 e. The number of aryl methyl sites for hydroxylation is 2. The highest BCUT2D eigenvalue weighted by Crippen LogP contribution is 2.42.